The van der Waals surface area contributed by atoms with Gasteiger partial charge in [0.15, 0.2) is 0 Å². The van der Waals surface area contributed by atoms with Crippen LogP contribution in [0.15, 0.2) is 24.3 Å². The van der Waals surface area contributed by atoms with E-state index in [1.165, 1.54) is 5.56 Å². The zero-order chi connectivity index (χ0) is 9.90. The molecule has 0 saturated heterocycles. The molecule has 1 nitrogen and oxygen atoms in total. The molecule has 1 aromatic rings. The third-order valence-corrected chi connectivity index (χ3v) is 4.87. The predicted molar refractivity (Wildman–Crippen MR) is 68.9 cm³/mol. The van der Waals surface area contributed by atoms with Gasteiger partial charge in [-0.15, -0.1) is 12.4 Å². The molecule has 4 heteroatoms. The first-order valence-corrected chi connectivity index (χ1v) is 8.27. The fourth-order valence-electron chi connectivity index (χ4n) is 1.23. The number of nitrogens with two attached hydrogens (primary N) is 1. The lowest BCUT2D eigenvalue weighted by molar-refractivity contribution is 1.20. The minimum atomic E-state index is -1.20. The van der Waals surface area contributed by atoms with Gasteiger partial charge in [0.25, 0.3) is 0 Å². The van der Waals surface area contributed by atoms with Crippen LogP contribution in [0.5, 0.6) is 0 Å². The molecule has 0 amide bonds. The van der Waals surface area contributed by atoms with E-state index in [9.17, 15) is 0 Å². The Labute approximate surface area is 98.1 Å². The number of hydrogen-bond acceptors (Lipinski definition) is 1. The molecule has 0 aliphatic carbocycles. The van der Waals surface area contributed by atoms with Gasteiger partial charge in [0.1, 0.15) is 0 Å². The molecule has 0 aromatic heterocycles. The van der Waals surface area contributed by atoms with Gasteiger partial charge in [-0.25, -0.2) is 0 Å². The Bertz CT molecular complexity index is 272. The van der Waals surface area contributed by atoms with Crippen LogP contribution in [0.25, 0.3) is 0 Å². The van der Waals surface area contributed by atoms with Crippen molar-refractivity contribution in [2.45, 2.75) is 19.1 Å². The van der Waals surface area contributed by atoms with Crippen molar-refractivity contribution in [1.82, 2.24) is 0 Å². The number of rotatable bonds is 3. The van der Waals surface area contributed by atoms with E-state index in [1.54, 1.807) is 0 Å². The molecule has 0 aliphatic heterocycles. The normalized spacial score (nSPS) is 10.9. The first-order chi connectivity index (χ1) is 6.03. The van der Waals surface area contributed by atoms with E-state index < -0.39 is 8.07 Å². The summed E-state index contributed by atoms with van der Waals surface area (Å²) in [5, 5.41) is 0.802. The molecule has 0 unspecified atom stereocenters. The molecule has 0 heterocycles. The summed E-state index contributed by atoms with van der Waals surface area (Å²) in [7, 11) is -1.20. The third-order valence-electron chi connectivity index (χ3n) is 2.15. The fourth-order valence-corrected chi connectivity index (χ4v) is 2.84. The molecule has 0 aliphatic rings. The summed E-state index contributed by atoms with van der Waals surface area (Å²) in [4.78, 5) is 0. The van der Waals surface area contributed by atoms with Crippen LogP contribution in [0, 0.1) is 0 Å². The summed E-state index contributed by atoms with van der Waals surface area (Å²) in [5.41, 5.74) is 7.07. The molecule has 1 aromatic carbocycles. The number of hydrogen-bond donors (Lipinski definition) is 1. The maximum atomic E-state index is 5.80. The van der Waals surface area contributed by atoms with Crippen molar-refractivity contribution in [1.29, 1.82) is 0 Å². The first-order valence-electron chi connectivity index (χ1n) is 4.48. The molecular weight excluding hydrogens is 233 g/mol. The van der Waals surface area contributed by atoms with Gasteiger partial charge < -0.3 is 5.73 Å². The van der Waals surface area contributed by atoms with E-state index in [0.717, 1.165) is 17.2 Å². The van der Waals surface area contributed by atoms with Crippen molar-refractivity contribution >= 4 is 32.1 Å². The van der Waals surface area contributed by atoms with E-state index in [4.69, 9.17) is 17.3 Å². The summed E-state index contributed by atoms with van der Waals surface area (Å²) in [6.07, 6.45) is 0.843. The van der Waals surface area contributed by atoms with Gasteiger partial charge >= 0.3 is 0 Å². The molecule has 14 heavy (non-hydrogen) atoms. The second-order valence-electron chi connectivity index (χ2n) is 4.17. The predicted octanol–water partition coefficient (Wildman–Crippen LogP) is 3.05. The van der Waals surface area contributed by atoms with Crippen LogP contribution in [-0.4, -0.2) is 14.2 Å². The van der Waals surface area contributed by atoms with Gasteiger partial charge in [-0.3, -0.25) is 0 Å². The summed E-state index contributed by atoms with van der Waals surface area (Å²) < 4.78 is 0. The van der Waals surface area contributed by atoms with E-state index >= 15 is 0 Å². The van der Waals surface area contributed by atoms with Gasteiger partial charge in [-0.1, -0.05) is 42.4 Å². The molecule has 0 atom stereocenters. The summed E-state index contributed by atoms with van der Waals surface area (Å²) in [5.74, 6) is 0. The van der Waals surface area contributed by atoms with Crippen molar-refractivity contribution in [2.75, 3.05) is 6.17 Å². The van der Waals surface area contributed by atoms with Crippen LogP contribution in [0.1, 0.15) is 5.56 Å². The van der Waals surface area contributed by atoms with Crippen LogP contribution in [-0.2, 0) is 6.04 Å². The Morgan fingerprint density at radius 3 is 2.14 bits per heavy atom. The largest absolute Gasteiger partial charge is 0.333 e. The molecule has 0 spiro atoms. The van der Waals surface area contributed by atoms with E-state index in [2.05, 4.69) is 25.2 Å². The van der Waals surface area contributed by atoms with E-state index in [1.807, 2.05) is 12.1 Å². The second-order valence-corrected chi connectivity index (χ2v) is 9.70. The lowest BCUT2D eigenvalue weighted by atomic mass is 10.2. The van der Waals surface area contributed by atoms with Crippen LogP contribution in [0.3, 0.4) is 0 Å². The maximum absolute atomic E-state index is 5.80. The average Bonchev–Trinajstić information content (AvgIpc) is 2.09. The van der Waals surface area contributed by atoms with Gasteiger partial charge in [0.2, 0.25) is 0 Å². The molecule has 80 valence electrons. The van der Waals surface area contributed by atoms with Crippen molar-refractivity contribution < 1.29 is 0 Å². The minimum absolute atomic E-state index is 0. The lowest BCUT2D eigenvalue weighted by Crippen LogP contribution is -2.39. The highest BCUT2D eigenvalue weighted by molar-refractivity contribution is 6.77. The summed E-state index contributed by atoms with van der Waals surface area (Å²) in [6.45, 7) is 4.61. The smallest absolute Gasteiger partial charge is 0.0665 e. The van der Waals surface area contributed by atoms with Crippen molar-refractivity contribution in [3.8, 4) is 0 Å². The molecule has 0 fully saturated rings. The van der Waals surface area contributed by atoms with Crippen LogP contribution < -0.4 is 5.73 Å². The van der Waals surface area contributed by atoms with E-state index in [0.29, 0.717) is 0 Å². The van der Waals surface area contributed by atoms with Crippen molar-refractivity contribution in [2.24, 2.45) is 5.73 Å². The topological polar surface area (TPSA) is 26.0 Å². The summed E-state index contributed by atoms with van der Waals surface area (Å²) in [6, 6.07) is 9.20. The van der Waals surface area contributed by atoms with Gasteiger partial charge in [-0.2, -0.15) is 0 Å². The first kappa shape index (κ1) is 14.0. The Hall–Kier alpha value is -0.0231. The highest BCUT2D eigenvalue weighted by atomic mass is 35.5. The van der Waals surface area contributed by atoms with Gasteiger partial charge in [0.05, 0.1) is 8.07 Å². The minimum Gasteiger partial charge on any atom is -0.333 e. The number of halogens is 2. The molecule has 2 N–H and O–H groups in total. The zero-order valence-corrected chi connectivity index (χ0v) is 11.2. The van der Waals surface area contributed by atoms with Crippen LogP contribution >= 0.6 is 24.0 Å². The quantitative estimate of drug-likeness (QED) is 0.820. The Morgan fingerprint density at radius 2 is 1.71 bits per heavy atom. The zero-order valence-electron chi connectivity index (χ0n) is 8.59. The Morgan fingerprint density at radius 1 is 1.21 bits per heavy atom. The van der Waals surface area contributed by atoms with Gasteiger partial charge in [-0.05, 0) is 24.3 Å². The molecule has 0 radical (unpaired) electrons. The molecule has 0 saturated carbocycles. The monoisotopic (exact) mass is 249 g/mol. The maximum Gasteiger partial charge on any atom is 0.0665 e. The lowest BCUT2D eigenvalue weighted by Gasteiger charge is -2.19. The van der Waals surface area contributed by atoms with Crippen molar-refractivity contribution in [3.05, 3.63) is 34.9 Å². The summed E-state index contributed by atoms with van der Waals surface area (Å²) >= 11 is 5.80. The third kappa shape index (κ3) is 4.47. The van der Waals surface area contributed by atoms with Crippen molar-refractivity contribution in [3.63, 3.8) is 0 Å². The standard InChI is InChI=1S/C10H16ClNSi.ClH/c1-13(2,8-12)7-9-3-5-10(11)6-4-9;/h3-6H,7-8,12H2,1-2H3;1H. The van der Waals surface area contributed by atoms with Gasteiger partial charge in [0, 0.05) is 5.02 Å². The van der Waals surface area contributed by atoms with Crippen LogP contribution in [0.4, 0.5) is 0 Å². The SMILES string of the molecule is C[Si](C)(CN)Cc1ccc(Cl)cc1.Cl. The Kier molecular flexibility index (Phi) is 5.75. The average molecular weight is 250 g/mol. The molecule has 1 rings (SSSR count). The molecule has 0 bridgehead atoms. The number of benzene rings is 1. The van der Waals surface area contributed by atoms with Crippen LogP contribution in [0.2, 0.25) is 18.1 Å². The highest BCUT2D eigenvalue weighted by Crippen LogP contribution is 2.14. The Balaban J connectivity index is 0.00000169. The second kappa shape index (κ2) is 5.76. The van der Waals surface area contributed by atoms with E-state index in [-0.39, 0.29) is 12.4 Å². The highest BCUT2D eigenvalue weighted by Gasteiger charge is 2.18. The fraction of sp³-hybridized carbons (Fsp3) is 0.400. The molecular formula is C10H17Cl2NSi.